The molecule has 1 aliphatic heterocycles. The van der Waals surface area contributed by atoms with Gasteiger partial charge in [-0.3, -0.25) is 0 Å². The fraction of sp³-hybridized carbons (Fsp3) is 0.368. The molecular formula is C19H22N4OS. The van der Waals surface area contributed by atoms with Gasteiger partial charge in [0.15, 0.2) is 0 Å². The average molecular weight is 354 g/mol. The summed E-state index contributed by atoms with van der Waals surface area (Å²) < 4.78 is 5.84. The van der Waals surface area contributed by atoms with Crippen molar-refractivity contribution < 1.29 is 4.74 Å². The number of hydrogen-bond acceptors (Lipinski definition) is 6. The van der Waals surface area contributed by atoms with Crippen LogP contribution in [0.15, 0.2) is 41.8 Å². The fourth-order valence-electron chi connectivity index (χ4n) is 3.27. The van der Waals surface area contributed by atoms with Gasteiger partial charge in [-0.05, 0) is 37.4 Å². The third kappa shape index (κ3) is 3.60. The van der Waals surface area contributed by atoms with Gasteiger partial charge in [0.2, 0.25) is 5.95 Å². The Kier molecular flexibility index (Phi) is 4.55. The van der Waals surface area contributed by atoms with Gasteiger partial charge in [0, 0.05) is 23.4 Å². The Balaban J connectivity index is 1.68. The Bertz CT molecular complexity index is 842. The van der Waals surface area contributed by atoms with Crippen LogP contribution in [0.5, 0.6) is 0 Å². The second-order valence-corrected chi connectivity index (χ2v) is 7.52. The molecule has 6 heteroatoms. The van der Waals surface area contributed by atoms with Gasteiger partial charge >= 0.3 is 0 Å². The van der Waals surface area contributed by atoms with E-state index in [0.717, 1.165) is 42.3 Å². The molecule has 1 fully saturated rings. The first kappa shape index (κ1) is 16.3. The number of ether oxygens (including phenoxy) is 1. The van der Waals surface area contributed by atoms with Crippen LogP contribution in [0.3, 0.4) is 0 Å². The molecule has 2 aromatic heterocycles. The molecule has 2 atom stereocenters. The summed E-state index contributed by atoms with van der Waals surface area (Å²) in [5, 5.41) is 6.64. The zero-order chi connectivity index (χ0) is 17.2. The van der Waals surface area contributed by atoms with Crippen LogP contribution >= 0.6 is 11.3 Å². The third-order valence-electron chi connectivity index (χ3n) is 4.30. The van der Waals surface area contributed by atoms with Crippen LogP contribution in [0.2, 0.25) is 0 Å². The van der Waals surface area contributed by atoms with E-state index in [1.54, 1.807) is 11.3 Å². The summed E-state index contributed by atoms with van der Waals surface area (Å²) in [5.74, 6) is 1.66. The van der Waals surface area contributed by atoms with Gasteiger partial charge in [-0.25, -0.2) is 4.98 Å². The number of nitrogens with one attached hydrogen (secondary N) is 1. The van der Waals surface area contributed by atoms with Crippen LogP contribution in [-0.2, 0) is 11.3 Å². The van der Waals surface area contributed by atoms with Gasteiger partial charge in [-0.15, -0.1) is 11.3 Å². The molecule has 0 spiro atoms. The quantitative estimate of drug-likeness (QED) is 0.770. The Labute approximate surface area is 151 Å². The maximum Gasteiger partial charge on any atom is 0.228 e. The van der Waals surface area contributed by atoms with Crippen LogP contribution in [-0.4, -0.2) is 35.3 Å². The minimum absolute atomic E-state index is 0.182. The number of hydrogen-bond donors (Lipinski definition) is 1. The lowest BCUT2D eigenvalue weighted by molar-refractivity contribution is -0.00569. The molecule has 130 valence electrons. The molecule has 4 rings (SSSR count). The Morgan fingerprint density at radius 1 is 1.12 bits per heavy atom. The molecule has 2 unspecified atom stereocenters. The van der Waals surface area contributed by atoms with Gasteiger partial charge in [-0.2, -0.15) is 4.98 Å². The van der Waals surface area contributed by atoms with E-state index in [2.05, 4.69) is 47.6 Å². The summed E-state index contributed by atoms with van der Waals surface area (Å²) in [4.78, 5) is 13.2. The predicted octanol–water partition coefficient (Wildman–Crippen LogP) is 3.92. The number of para-hydroxylation sites is 1. The number of aromatic nitrogens is 2. The molecule has 0 amide bonds. The minimum Gasteiger partial charge on any atom is -0.372 e. The molecule has 1 saturated heterocycles. The van der Waals surface area contributed by atoms with E-state index in [4.69, 9.17) is 14.7 Å². The Hall–Kier alpha value is -2.18. The molecule has 0 bridgehead atoms. The van der Waals surface area contributed by atoms with Crippen molar-refractivity contribution in [2.75, 3.05) is 23.3 Å². The molecule has 1 aliphatic rings. The van der Waals surface area contributed by atoms with E-state index in [-0.39, 0.29) is 12.2 Å². The van der Waals surface area contributed by atoms with Crippen LogP contribution in [0.4, 0.5) is 11.8 Å². The SMILES string of the molecule is CC1CN(c2nc(NCc3cccs3)c3ccccc3n2)CC(C)O1. The van der Waals surface area contributed by atoms with Crippen molar-refractivity contribution in [1.29, 1.82) is 0 Å². The van der Waals surface area contributed by atoms with E-state index in [1.165, 1.54) is 4.88 Å². The molecule has 25 heavy (non-hydrogen) atoms. The highest BCUT2D eigenvalue weighted by Gasteiger charge is 2.24. The zero-order valence-electron chi connectivity index (χ0n) is 14.5. The van der Waals surface area contributed by atoms with Crippen molar-refractivity contribution in [1.82, 2.24) is 9.97 Å². The van der Waals surface area contributed by atoms with E-state index in [0.29, 0.717) is 0 Å². The third-order valence-corrected chi connectivity index (χ3v) is 5.18. The van der Waals surface area contributed by atoms with E-state index >= 15 is 0 Å². The normalized spacial score (nSPS) is 20.8. The molecule has 3 aromatic rings. The summed E-state index contributed by atoms with van der Waals surface area (Å²) >= 11 is 1.75. The lowest BCUT2D eigenvalue weighted by Crippen LogP contribution is -2.46. The van der Waals surface area contributed by atoms with E-state index in [9.17, 15) is 0 Å². The standard InChI is InChI=1S/C19H22N4OS/c1-13-11-23(12-14(2)24-13)19-21-17-8-4-3-7-16(17)18(22-19)20-10-15-6-5-9-25-15/h3-9,13-14H,10-12H2,1-2H3,(H,20,21,22). The first-order valence-corrected chi connectivity index (χ1v) is 9.50. The molecule has 5 nitrogen and oxygen atoms in total. The topological polar surface area (TPSA) is 50.3 Å². The van der Waals surface area contributed by atoms with Crippen molar-refractivity contribution in [3.63, 3.8) is 0 Å². The first-order chi connectivity index (χ1) is 12.2. The minimum atomic E-state index is 0.182. The van der Waals surface area contributed by atoms with E-state index < -0.39 is 0 Å². The van der Waals surface area contributed by atoms with Crippen molar-refractivity contribution in [3.05, 3.63) is 46.7 Å². The van der Waals surface area contributed by atoms with Crippen molar-refractivity contribution in [2.24, 2.45) is 0 Å². The summed E-state index contributed by atoms with van der Waals surface area (Å²) in [5.41, 5.74) is 0.966. The average Bonchev–Trinajstić information content (AvgIpc) is 3.12. The Morgan fingerprint density at radius 2 is 1.92 bits per heavy atom. The van der Waals surface area contributed by atoms with Crippen LogP contribution < -0.4 is 10.2 Å². The van der Waals surface area contributed by atoms with Gasteiger partial charge < -0.3 is 15.0 Å². The van der Waals surface area contributed by atoms with Gasteiger partial charge in [0.25, 0.3) is 0 Å². The Morgan fingerprint density at radius 3 is 2.68 bits per heavy atom. The summed E-state index contributed by atoms with van der Waals surface area (Å²) in [6.45, 7) is 6.59. The largest absolute Gasteiger partial charge is 0.372 e. The first-order valence-electron chi connectivity index (χ1n) is 8.62. The highest BCUT2D eigenvalue weighted by atomic mass is 32.1. The highest BCUT2D eigenvalue weighted by molar-refractivity contribution is 7.09. The predicted molar refractivity (Wildman–Crippen MR) is 103 cm³/mol. The number of thiophene rings is 1. The van der Waals surface area contributed by atoms with E-state index in [1.807, 2.05) is 18.2 Å². The zero-order valence-corrected chi connectivity index (χ0v) is 15.3. The second-order valence-electron chi connectivity index (χ2n) is 6.48. The second kappa shape index (κ2) is 6.98. The molecule has 1 N–H and O–H groups in total. The summed E-state index contributed by atoms with van der Waals surface area (Å²) in [6, 6.07) is 12.4. The van der Waals surface area contributed by atoms with Crippen molar-refractivity contribution in [3.8, 4) is 0 Å². The summed E-state index contributed by atoms with van der Waals surface area (Å²) in [7, 11) is 0. The highest BCUT2D eigenvalue weighted by Crippen LogP contribution is 2.26. The monoisotopic (exact) mass is 354 g/mol. The van der Waals surface area contributed by atoms with Crippen LogP contribution in [0.1, 0.15) is 18.7 Å². The molecule has 0 aliphatic carbocycles. The molecular weight excluding hydrogens is 332 g/mol. The molecule has 0 saturated carbocycles. The maximum absolute atomic E-state index is 5.84. The van der Waals surface area contributed by atoms with Crippen molar-refractivity contribution >= 4 is 34.0 Å². The number of rotatable bonds is 4. The maximum atomic E-state index is 5.84. The van der Waals surface area contributed by atoms with Gasteiger partial charge in [0.1, 0.15) is 5.82 Å². The number of fused-ring (bicyclic) bond motifs is 1. The number of morpholine rings is 1. The molecule has 0 radical (unpaired) electrons. The lowest BCUT2D eigenvalue weighted by atomic mass is 10.2. The molecule has 1 aromatic carbocycles. The van der Waals surface area contributed by atoms with Crippen LogP contribution in [0.25, 0.3) is 10.9 Å². The van der Waals surface area contributed by atoms with Crippen LogP contribution in [0, 0.1) is 0 Å². The lowest BCUT2D eigenvalue weighted by Gasteiger charge is -2.35. The number of nitrogens with zero attached hydrogens (tertiary/aromatic N) is 3. The fourth-order valence-corrected chi connectivity index (χ4v) is 3.91. The van der Waals surface area contributed by atoms with Gasteiger partial charge in [0.05, 0.1) is 24.3 Å². The van der Waals surface area contributed by atoms with Gasteiger partial charge in [-0.1, -0.05) is 18.2 Å². The summed E-state index contributed by atoms with van der Waals surface area (Å²) in [6.07, 6.45) is 0.364. The van der Waals surface area contributed by atoms with Crippen molar-refractivity contribution in [2.45, 2.75) is 32.6 Å². The smallest absolute Gasteiger partial charge is 0.228 e. The number of anilines is 2. The number of benzene rings is 1. The molecule has 3 heterocycles.